The van der Waals surface area contributed by atoms with Crippen LogP contribution in [0, 0.1) is 13.1 Å². The van der Waals surface area contributed by atoms with Gasteiger partial charge in [-0.05, 0) is 24.6 Å². The molecule has 0 spiro atoms. The van der Waals surface area contributed by atoms with Crippen molar-refractivity contribution in [3.63, 3.8) is 0 Å². The maximum absolute atomic E-state index is 4.10. The third kappa shape index (κ3) is 1.98. The zero-order valence-electron chi connectivity index (χ0n) is 7.04. The highest BCUT2D eigenvalue weighted by Gasteiger charge is 2.01. The molecular weight excluding hydrogens is 246 g/mol. The summed E-state index contributed by atoms with van der Waals surface area (Å²) in [5.74, 6) is 0. The Bertz CT molecular complexity index is 405. The molecule has 1 aromatic carbocycles. The van der Waals surface area contributed by atoms with Crippen LogP contribution in [0.3, 0.4) is 0 Å². The van der Waals surface area contributed by atoms with E-state index in [9.17, 15) is 0 Å². The summed E-state index contributed by atoms with van der Waals surface area (Å²) in [6.45, 7) is 1.99. The monoisotopic (exact) mass is 252 g/mol. The first-order valence-electron chi connectivity index (χ1n) is 3.87. The summed E-state index contributed by atoms with van der Waals surface area (Å²) in [5.41, 5.74) is 1.17. The van der Waals surface area contributed by atoms with Crippen LogP contribution in [0.25, 0.3) is 10.4 Å². The summed E-state index contributed by atoms with van der Waals surface area (Å²) in [6, 6.07) is 8.18. The third-order valence-corrected chi connectivity index (χ3v) is 3.12. The maximum Gasteiger partial charge on any atom is 0.109 e. The van der Waals surface area contributed by atoms with Crippen LogP contribution in [0.15, 0.2) is 28.7 Å². The molecule has 0 bridgehead atoms. The van der Waals surface area contributed by atoms with Crippen molar-refractivity contribution in [1.82, 2.24) is 4.98 Å². The molecule has 1 aromatic heterocycles. The predicted octanol–water partition coefficient (Wildman–Crippen LogP) is 3.68. The van der Waals surface area contributed by atoms with E-state index in [0.29, 0.717) is 0 Å². The van der Waals surface area contributed by atoms with Gasteiger partial charge in [0, 0.05) is 4.47 Å². The molecule has 1 radical (unpaired) electrons. The standard InChI is InChI=1S/C10H7BrNS/c1-7-12-6-10(13-7)8-2-4-9(11)5-3-8/h2-5H,1H3. The zero-order valence-corrected chi connectivity index (χ0v) is 9.45. The number of thiazole rings is 1. The van der Waals surface area contributed by atoms with Gasteiger partial charge in [-0.1, -0.05) is 28.1 Å². The van der Waals surface area contributed by atoms with Gasteiger partial charge < -0.3 is 0 Å². The van der Waals surface area contributed by atoms with Gasteiger partial charge in [0.1, 0.15) is 6.20 Å². The van der Waals surface area contributed by atoms with Crippen LogP contribution in [-0.2, 0) is 0 Å². The highest BCUT2D eigenvalue weighted by molar-refractivity contribution is 9.10. The molecule has 2 aromatic rings. The van der Waals surface area contributed by atoms with E-state index in [1.54, 1.807) is 11.3 Å². The summed E-state index contributed by atoms with van der Waals surface area (Å²) in [7, 11) is 0. The summed E-state index contributed by atoms with van der Waals surface area (Å²) >= 11 is 5.07. The van der Waals surface area contributed by atoms with E-state index in [1.807, 2.05) is 19.1 Å². The Morgan fingerprint density at radius 1 is 1.31 bits per heavy atom. The van der Waals surface area contributed by atoms with Gasteiger partial charge in [0.25, 0.3) is 0 Å². The molecule has 1 heterocycles. The number of hydrogen-bond donors (Lipinski definition) is 0. The van der Waals surface area contributed by atoms with E-state index in [0.717, 1.165) is 14.4 Å². The van der Waals surface area contributed by atoms with Crippen LogP contribution in [0.2, 0.25) is 0 Å². The largest absolute Gasteiger partial charge is 0.239 e. The molecular formula is C10H7BrNS. The Morgan fingerprint density at radius 2 is 2.00 bits per heavy atom. The fraction of sp³-hybridized carbons (Fsp3) is 0.100. The second-order valence-corrected chi connectivity index (χ2v) is 4.80. The van der Waals surface area contributed by atoms with Crippen molar-refractivity contribution in [3.8, 4) is 10.4 Å². The molecule has 0 aliphatic heterocycles. The van der Waals surface area contributed by atoms with Crippen LogP contribution in [0.5, 0.6) is 0 Å². The molecule has 65 valence electrons. The molecule has 0 saturated carbocycles. The summed E-state index contributed by atoms with van der Waals surface area (Å²) < 4.78 is 1.09. The molecule has 0 N–H and O–H groups in total. The first kappa shape index (κ1) is 8.91. The first-order chi connectivity index (χ1) is 6.25. The highest BCUT2D eigenvalue weighted by Crippen LogP contribution is 2.26. The fourth-order valence-corrected chi connectivity index (χ4v) is 2.04. The lowest BCUT2D eigenvalue weighted by molar-refractivity contribution is 1.29. The van der Waals surface area contributed by atoms with E-state index in [-0.39, 0.29) is 0 Å². The minimum absolute atomic E-state index is 1.05. The molecule has 3 heteroatoms. The van der Waals surface area contributed by atoms with Gasteiger partial charge in [-0.2, -0.15) is 0 Å². The lowest BCUT2D eigenvalue weighted by Gasteiger charge is -1.94. The van der Waals surface area contributed by atoms with E-state index in [1.165, 1.54) is 5.56 Å². The van der Waals surface area contributed by atoms with E-state index in [2.05, 4.69) is 39.2 Å². The molecule has 0 aliphatic carbocycles. The van der Waals surface area contributed by atoms with Gasteiger partial charge >= 0.3 is 0 Å². The van der Waals surface area contributed by atoms with Gasteiger partial charge in [0.15, 0.2) is 0 Å². The van der Waals surface area contributed by atoms with Gasteiger partial charge in [-0.15, -0.1) is 11.3 Å². The van der Waals surface area contributed by atoms with Crippen LogP contribution in [-0.4, -0.2) is 4.98 Å². The number of aromatic nitrogens is 1. The van der Waals surface area contributed by atoms with Crippen LogP contribution in [0.4, 0.5) is 0 Å². The van der Waals surface area contributed by atoms with Crippen molar-refractivity contribution < 1.29 is 0 Å². The smallest absolute Gasteiger partial charge is 0.109 e. The van der Waals surface area contributed by atoms with Gasteiger partial charge in [-0.3, -0.25) is 0 Å². The van der Waals surface area contributed by atoms with E-state index >= 15 is 0 Å². The molecule has 2 rings (SSSR count). The van der Waals surface area contributed by atoms with Gasteiger partial charge in [0.2, 0.25) is 0 Å². The molecule has 0 aliphatic rings. The lowest BCUT2D eigenvalue weighted by Crippen LogP contribution is -1.70. The minimum atomic E-state index is 1.05. The van der Waals surface area contributed by atoms with Gasteiger partial charge in [0.05, 0.1) is 9.88 Å². The average Bonchev–Trinajstić information content (AvgIpc) is 2.53. The SMILES string of the molecule is Cc1n[c]c(-c2ccc(Br)cc2)s1. The Balaban J connectivity index is 2.41. The van der Waals surface area contributed by atoms with Crippen molar-refractivity contribution in [2.24, 2.45) is 0 Å². The van der Waals surface area contributed by atoms with Crippen molar-refractivity contribution in [2.45, 2.75) is 6.92 Å². The van der Waals surface area contributed by atoms with Crippen molar-refractivity contribution >= 4 is 27.3 Å². The second kappa shape index (κ2) is 3.60. The average molecular weight is 253 g/mol. The number of hydrogen-bond acceptors (Lipinski definition) is 2. The highest BCUT2D eigenvalue weighted by atomic mass is 79.9. The number of nitrogens with zero attached hydrogens (tertiary/aromatic N) is 1. The first-order valence-corrected chi connectivity index (χ1v) is 5.48. The molecule has 0 amide bonds. The van der Waals surface area contributed by atoms with Crippen LogP contribution < -0.4 is 0 Å². The Hall–Kier alpha value is -0.670. The topological polar surface area (TPSA) is 12.9 Å². The third-order valence-electron chi connectivity index (χ3n) is 1.67. The van der Waals surface area contributed by atoms with E-state index in [4.69, 9.17) is 0 Å². The quantitative estimate of drug-likeness (QED) is 0.755. The number of benzene rings is 1. The number of halogens is 1. The summed E-state index contributed by atoms with van der Waals surface area (Å²) in [6.07, 6.45) is 2.99. The molecule has 1 nitrogen and oxygen atoms in total. The molecule has 0 unspecified atom stereocenters. The normalized spacial score (nSPS) is 10.3. The fourth-order valence-electron chi connectivity index (χ4n) is 1.05. The molecule has 0 saturated heterocycles. The summed E-state index contributed by atoms with van der Waals surface area (Å²) in [4.78, 5) is 5.20. The van der Waals surface area contributed by atoms with Crippen molar-refractivity contribution in [3.05, 3.63) is 39.9 Å². The molecule has 0 fully saturated rings. The number of rotatable bonds is 1. The second-order valence-electron chi connectivity index (χ2n) is 2.68. The van der Waals surface area contributed by atoms with Crippen LogP contribution >= 0.6 is 27.3 Å². The van der Waals surface area contributed by atoms with Crippen molar-refractivity contribution in [2.75, 3.05) is 0 Å². The van der Waals surface area contributed by atoms with Crippen molar-refractivity contribution in [1.29, 1.82) is 0 Å². The minimum Gasteiger partial charge on any atom is -0.239 e. The lowest BCUT2D eigenvalue weighted by atomic mass is 10.2. The van der Waals surface area contributed by atoms with Gasteiger partial charge in [-0.25, -0.2) is 4.98 Å². The maximum atomic E-state index is 4.10. The van der Waals surface area contributed by atoms with Crippen LogP contribution in [0.1, 0.15) is 5.01 Å². The predicted molar refractivity (Wildman–Crippen MR) is 58.8 cm³/mol. The van der Waals surface area contributed by atoms with E-state index < -0.39 is 0 Å². The zero-order chi connectivity index (χ0) is 9.26. The molecule has 0 atom stereocenters. The Labute approximate surface area is 89.6 Å². The summed E-state index contributed by atoms with van der Waals surface area (Å²) in [5, 5.41) is 1.05. The Kier molecular flexibility index (Phi) is 2.47. The Morgan fingerprint density at radius 3 is 2.54 bits per heavy atom. The molecule has 13 heavy (non-hydrogen) atoms. The number of aryl methyl sites for hydroxylation is 1.